The predicted molar refractivity (Wildman–Crippen MR) is 243 cm³/mol. The zero-order chi connectivity index (χ0) is 47.6. The van der Waals surface area contributed by atoms with Gasteiger partial charge >= 0.3 is 12.2 Å². The lowest BCUT2D eigenvalue weighted by Crippen LogP contribution is -2.58. The summed E-state index contributed by atoms with van der Waals surface area (Å²) in [6, 6.07) is 8.63. The highest BCUT2D eigenvalue weighted by atomic mass is 16.7. The van der Waals surface area contributed by atoms with Crippen molar-refractivity contribution in [3.8, 4) is 11.5 Å². The van der Waals surface area contributed by atoms with E-state index in [2.05, 4.69) is 0 Å². The number of benzene rings is 2. The van der Waals surface area contributed by atoms with Gasteiger partial charge in [0, 0.05) is 51.6 Å². The Hall–Kier alpha value is -4.72. The second kappa shape index (κ2) is 20.5. The van der Waals surface area contributed by atoms with E-state index in [1.165, 1.54) is 24.0 Å². The molecule has 8 rings (SSSR count). The van der Waals surface area contributed by atoms with Crippen LogP contribution in [0.15, 0.2) is 36.4 Å². The SMILES string of the molecule is COc1ccc2c(c1)N(C(=O)OC(C)(C)C)[C@@H](OC1CCCCO1)[C@@H]1C(OCCCOC3CCN4C(=O)c5ccc(OC)cc5N(C(=O)OC(C)(C)C)[C@@H](OC5CCCCO5)[C@H]34)CCN1C2=O. The Balaban J connectivity index is 1.03. The highest BCUT2D eigenvalue weighted by Crippen LogP contribution is 2.43. The molecule has 0 N–H and O–H groups in total. The van der Waals surface area contributed by atoms with E-state index in [4.69, 9.17) is 47.4 Å². The van der Waals surface area contributed by atoms with E-state index < -0.39 is 72.7 Å². The smallest absolute Gasteiger partial charge is 0.417 e. The number of hydrogen-bond acceptors (Lipinski definition) is 14. The average Bonchev–Trinajstić information content (AvgIpc) is 3.87. The van der Waals surface area contributed by atoms with E-state index in [9.17, 15) is 19.2 Å². The highest BCUT2D eigenvalue weighted by molar-refractivity contribution is 6.06. The fraction of sp³-hybridized carbons (Fsp3) is 0.673. The summed E-state index contributed by atoms with van der Waals surface area (Å²) in [7, 11) is 3.06. The largest absolute Gasteiger partial charge is 0.497 e. The number of rotatable bonds is 12. The van der Waals surface area contributed by atoms with Crippen molar-refractivity contribution in [3.63, 3.8) is 0 Å². The standard InChI is InChI=1S/C49H68N4O14/c1-48(2,3)66-46(56)52-34-28-30(58-7)16-18-32(34)42(54)50-22-20-36(40(50)44(52)64-38-14-9-11-24-62-38)60-26-13-27-61-37-21-23-51-41(37)45(65-39-15-10-12-25-63-39)53(47(57)67-49(4,5)6)35-29-31(59-8)17-19-33(35)43(51)55/h16-19,28-29,36-41,44-45H,9-15,20-27H2,1-8H3/t36?,37?,38?,39?,40-,41-,44-,45-/m0/s1. The van der Waals surface area contributed by atoms with Crippen LogP contribution in [0.4, 0.5) is 21.0 Å². The van der Waals surface area contributed by atoms with Gasteiger partial charge in [-0.3, -0.25) is 9.59 Å². The van der Waals surface area contributed by atoms with Gasteiger partial charge < -0.3 is 57.2 Å². The molecule has 0 aliphatic carbocycles. The van der Waals surface area contributed by atoms with Crippen LogP contribution < -0.4 is 19.3 Å². The molecule has 0 bridgehead atoms. The number of methoxy groups -OCH3 is 2. The maximum atomic E-state index is 14.5. The van der Waals surface area contributed by atoms with Gasteiger partial charge in [-0.2, -0.15) is 0 Å². The molecule has 67 heavy (non-hydrogen) atoms. The zero-order valence-corrected chi connectivity index (χ0v) is 40.2. The molecule has 2 aromatic carbocycles. The van der Waals surface area contributed by atoms with Crippen molar-refractivity contribution in [1.29, 1.82) is 0 Å². The fourth-order valence-electron chi connectivity index (χ4n) is 9.80. The van der Waals surface area contributed by atoms with Crippen molar-refractivity contribution in [2.45, 2.75) is 160 Å². The molecule has 6 aliphatic rings. The molecule has 2 aromatic rings. The number of carbonyl (C=O) groups is 4. The first-order chi connectivity index (χ1) is 32.0. The minimum absolute atomic E-state index is 0.244. The third-order valence-corrected chi connectivity index (χ3v) is 12.8. The number of anilines is 2. The number of carbonyl (C=O) groups excluding carboxylic acids is 4. The number of hydrogen-bond donors (Lipinski definition) is 0. The van der Waals surface area contributed by atoms with Crippen LogP contribution >= 0.6 is 0 Å². The number of amides is 4. The Morgan fingerprint density at radius 2 is 1.03 bits per heavy atom. The molecule has 4 saturated heterocycles. The summed E-state index contributed by atoms with van der Waals surface area (Å²) in [5.74, 6) is 0.399. The third kappa shape index (κ3) is 10.8. The van der Waals surface area contributed by atoms with E-state index in [-0.39, 0.29) is 25.0 Å². The summed E-state index contributed by atoms with van der Waals surface area (Å²) in [5.41, 5.74) is -0.458. The predicted octanol–water partition coefficient (Wildman–Crippen LogP) is 7.24. The summed E-state index contributed by atoms with van der Waals surface area (Å²) < 4.78 is 62.1. The topological polar surface area (TPSA) is 174 Å². The Morgan fingerprint density at radius 1 is 0.612 bits per heavy atom. The van der Waals surface area contributed by atoms with E-state index in [1.807, 2.05) is 0 Å². The van der Waals surface area contributed by atoms with Crippen molar-refractivity contribution in [2.75, 3.05) is 63.5 Å². The summed E-state index contributed by atoms with van der Waals surface area (Å²) >= 11 is 0. The fourth-order valence-corrected chi connectivity index (χ4v) is 9.80. The monoisotopic (exact) mass is 936 g/mol. The van der Waals surface area contributed by atoms with Gasteiger partial charge in [0.1, 0.15) is 34.8 Å². The molecule has 4 fully saturated rings. The van der Waals surface area contributed by atoms with Crippen molar-refractivity contribution < 1.29 is 66.5 Å². The normalized spacial score (nSPS) is 27.6. The van der Waals surface area contributed by atoms with E-state index in [1.54, 1.807) is 87.7 Å². The van der Waals surface area contributed by atoms with Crippen LogP contribution in [0.3, 0.4) is 0 Å². The van der Waals surface area contributed by atoms with Crippen molar-refractivity contribution in [1.82, 2.24) is 9.80 Å². The van der Waals surface area contributed by atoms with Crippen molar-refractivity contribution in [2.24, 2.45) is 0 Å². The molecule has 8 atom stereocenters. The lowest BCUT2D eigenvalue weighted by molar-refractivity contribution is -0.202. The Kier molecular flexibility index (Phi) is 14.9. The van der Waals surface area contributed by atoms with Crippen LogP contribution in [0, 0.1) is 0 Å². The molecular weight excluding hydrogens is 869 g/mol. The van der Waals surface area contributed by atoms with Crippen LogP contribution in [0.1, 0.15) is 120 Å². The average molecular weight is 937 g/mol. The third-order valence-electron chi connectivity index (χ3n) is 12.8. The van der Waals surface area contributed by atoms with Gasteiger partial charge in [-0.1, -0.05) is 0 Å². The second-order valence-corrected chi connectivity index (χ2v) is 19.8. The van der Waals surface area contributed by atoms with Crippen LogP contribution in [-0.2, 0) is 37.9 Å². The van der Waals surface area contributed by atoms with Crippen LogP contribution in [-0.4, -0.2) is 148 Å². The first-order valence-electron chi connectivity index (χ1n) is 23.8. The molecule has 0 saturated carbocycles. The molecule has 0 aromatic heterocycles. The Labute approximate surface area is 393 Å². The molecular formula is C49H68N4O14. The molecule has 368 valence electrons. The summed E-state index contributed by atoms with van der Waals surface area (Å²) in [4.78, 5) is 64.1. The first-order valence-corrected chi connectivity index (χ1v) is 23.8. The van der Waals surface area contributed by atoms with Gasteiger partial charge in [-0.05, 0) is 124 Å². The van der Waals surface area contributed by atoms with Gasteiger partial charge in [0.2, 0.25) is 0 Å². The van der Waals surface area contributed by atoms with Gasteiger partial charge in [-0.25, -0.2) is 19.4 Å². The van der Waals surface area contributed by atoms with Gasteiger partial charge in [0.15, 0.2) is 25.0 Å². The molecule has 4 amide bonds. The van der Waals surface area contributed by atoms with Crippen LogP contribution in [0.25, 0.3) is 0 Å². The van der Waals surface area contributed by atoms with Gasteiger partial charge in [0.05, 0.1) is 48.9 Å². The Morgan fingerprint density at radius 3 is 1.39 bits per heavy atom. The summed E-state index contributed by atoms with van der Waals surface area (Å²) in [6.07, 6.45) is 0.502. The number of ether oxygens (including phenoxy) is 10. The molecule has 4 unspecified atom stereocenters. The zero-order valence-electron chi connectivity index (χ0n) is 40.2. The second-order valence-electron chi connectivity index (χ2n) is 19.8. The summed E-state index contributed by atoms with van der Waals surface area (Å²) in [5, 5.41) is 0. The lowest BCUT2D eigenvalue weighted by Gasteiger charge is -2.40. The Bertz CT molecular complexity index is 1950. The molecule has 18 heteroatoms. The molecule has 6 heterocycles. The minimum atomic E-state index is -1.03. The van der Waals surface area contributed by atoms with Gasteiger partial charge in [0.25, 0.3) is 11.8 Å². The quantitative estimate of drug-likeness (QED) is 0.195. The number of nitrogens with zero attached hydrogens (tertiary/aromatic N) is 4. The molecule has 6 aliphatic heterocycles. The molecule has 0 radical (unpaired) electrons. The molecule has 18 nitrogen and oxygen atoms in total. The van der Waals surface area contributed by atoms with Crippen LogP contribution in [0.5, 0.6) is 11.5 Å². The lowest BCUT2D eigenvalue weighted by atomic mass is 10.1. The van der Waals surface area contributed by atoms with Crippen LogP contribution in [0.2, 0.25) is 0 Å². The van der Waals surface area contributed by atoms with E-state index in [0.29, 0.717) is 92.4 Å². The molecule has 0 spiro atoms. The number of fused-ring (bicyclic) bond motifs is 4. The van der Waals surface area contributed by atoms with Crippen molar-refractivity contribution in [3.05, 3.63) is 47.5 Å². The van der Waals surface area contributed by atoms with E-state index in [0.717, 1.165) is 25.7 Å². The first kappa shape index (κ1) is 48.7. The minimum Gasteiger partial charge on any atom is -0.497 e. The van der Waals surface area contributed by atoms with E-state index >= 15 is 0 Å². The maximum Gasteiger partial charge on any atom is 0.417 e. The summed E-state index contributed by atoms with van der Waals surface area (Å²) in [6.45, 7) is 13.0. The highest BCUT2D eigenvalue weighted by Gasteiger charge is 2.54. The van der Waals surface area contributed by atoms with Crippen molar-refractivity contribution >= 4 is 35.4 Å². The van der Waals surface area contributed by atoms with Gasteiger partial charge in [-0.15, -0.1) is 0 Å². The maximum absolute atomic E-state index is 14.5.